The molecule has 1 unspecified atom stereocenters. The van der Waals surface area contributed by atoms with Gasteiger partial charge in [0.1, 0.15) is 0 Å². The predicted molar refractivity (Wildman–Crippen MR) is 60.6 cm³/mol. The first kappa shape index (κ1) is 11.4. The highest BCUT2D eigenvalue weighted by Gasteiger charge is 2.07. The molecule has 0 aliphatic carbocycles. The highest BCUT2D eigenvalue weighted by Crippen LogP contribution is 2.14. The zero-order chi connectivity index (χ0) is 10.6. The van der Waals surface area contributed by atoms with Crippen LogP contribution in [0.4, 0.5) is 0 Å². The van der Waals surface area contributed by atoms with Crippen LogP contribution in [0.2, 0.25) is 0 Å². The molecule has 0 saturated carbocycles. The van der Waals surface area contributed by atoms with Crippen LogP contribution in [-0.4, -0.2) is 16.2 Å². The van der Waals surface area contributed by atoms with Crippen molar-refractivity contribution in [1.82, 2.24) is 4.98 Å². The van der Waals surface area contributed by atoms with E-state index in [-0.39, 0.29) is 6.10 Å². The minimum atomic E-state index is -0.280. The molecule has 0 aliphatic rings. The average Bonchev–Trinajstić information content (AvgIpc) is 2.48. The van der Waals surface area contributed by atoms with E-state index in [1.165, 1.54) is 0 Å². The summed E-state index contributed by atoms with van der Waals surface area (Å²) in [4.78, 5) is 4.31. The smallest absolute Gasteiger partial charge is 0.0953 e. The summed E-state index contributed by atoms with van der Waals surface area (Å²) < 4.78 is 0. The van der Waals surface area contributed by atoms with Gasteiger partial charge in [-0.05, 0) is 26.7 Å². The van der Waals surface area contributed by atoms with Crippen molar-refractivity contribution in [3.63, 3.8) is 0 Å². The molecule has 1 rings (SSSR count). The maximum absolute atomic E-state index is 9.69. The molecule has 2 nitrogen and oxygen atoms in total. The summed E-state index contributed by atoms with van der Waals surface area (Å²) in [5, 5.41) is 12.7. The van der Waals surface area contributed by atoms with Crippen LogP contribution in [0.25, 0.3) is 0 Å². The minimum absolute atomic E-state index is 0.280. The van der Waals surface area contributed by atoms with Crippen molar-refractivity contribution in [3.05, 3.63) is 28.2 Å². The Balaban J connectivity index is 2.33. The first-order valence-corrected chi connectivity index (χ1v) is 5.69. The maximum atomic E-state index is 9.69. The molecular weight excluding hydrogens is 194 g/mol. The molecule has 0 aliphatic heterocycles. The number of nitrogens with zero attached hydrogens (tertiary/aromatic N) is 1. The van der Waals surface area contributed by atoms with E-state index in [9.17, 15) is 5.11 Å². The number of thiazole rings is 1. The van der Waals surface area contributed by atoms with Gasteiger partial charge in [-0.15, -0.1) is 17.9 Å². The summed E-state index contributed by atoms with van der Waals surface area (Å²) in [6.45, 7) is 7.77. The number of aliphatic hydroxyl groups excluding tert-OH is 1. The van der Waals surface area contributed by atoms with E-state index in [1.54, 1.807) is 11.3 Å². The normalized spacial score (nSPS) is 12.8. The lowest BCUT2D eigenvalue weighted by Gasteiger charge is -2.07. The lowest BCUT2D eigenvalue weighted by molar-refractivity contribution is 0.165. The van der Waals surface area contributed by atoms with Crippen LogP contribution >= 0.6 is 11.3 Å². The molecule has 1 heterocycles. The molecule has 78 valence electrons. The van der Waals surface area contributed by atoms with Crippen molar-refractivity contribution in [1.29, 1.82) is 0 Å². The molecule has 1 aromatic heterocycles. The number of aryl methyl sites for hydroxylation is 1. The summed E-state index contributed by atoms with van der Waals surface area (Å²) in [6.07, 6.45) is 2.07. The molecule has 0 spiro atoms. The Hall–Kier alpha value is -0.670. The highest BCUT2D eigenvalue weighted by molar-refractivity contribution is 7.09. The Morgan fingerprint density at radius 3 is 2.93 bits per heavy atom. The van der Waals surface area contributed by atoms with E-state index in [4.69, 9.17) is 0 Å². The molecule has 14 heavy (non-hydrogen) atoms. The SMILES string of the molecule is C=C(C)CCC(O)Cc1nc(C)cs1. The molecule has 1 aromatic rings. The van der Waals surface area contributed by atoms with E-state index >= 15 is 0 Å². The molecule has 0 bridgehead atoms. The molecule has 0 radical (unpaired) electrons. The lowest BCUT2D eigenvalue weighted by Crippen LogP contribution is -2.10. The van der Waals surface area contributed by atoms with Crippen LogP contribution in [0.15, 0.2) is 17.5 Å². The number of rotatable bonds is 5. The van der Waals surface area contributed by atoms with Crippen molar-refractivity contribution in [2.75, 3.05) is 0 Å². The van der Waals surface area contributed by atoms with E-state index in [0.29, 0.717) is 6.42 Å². The Morgan fingerprint density at radius 2 is 2.43 bits per heavy atom. The Morgan fingerprint density at radius 1 is 1.71 bits per heavy atom. The number of aromatic nitrogens is 1. The van der Waals surface area contributed by atoms with Gasteiger partial charge in [0.2, 0.25) is 0 Å². The second-order valence-electron chi connectivity index (χ2n) is 3.74. The molecule has 0 aromatic carbocycles. The number of aliphatic hydroxyl groups is 1. The van der Waals surface area contributed by atoms with Crippen molar-refractivity contribution in [2.45, 2.75) is 39.2 Å². The Kier molecular flexibility index (Phi) is 4.29. The Labute approximate surface area is 89.3 Å². The van der Waals surface area contributed by atoms with E-state index < -0.39 is 0 Å². The molecule has 1 atom stereocenters. The largest absolute Gasteiger partial charge is 0.393 e. The van der Waals surface area contributed by atoms with Gasteiger partial charge >= 0.3 is 0 Å². The second-order valence-corrected chi connectivity index (χ2v) is 4.68. The Bertz CT molecular complexity index is 306. The predicted octanol–water partition coefficient (Wildman–Crippen LogP) is 2.71. The molecule has 3 heteroatoms. The highest BCUT2D eigenvalue weighted by atomic mass is 32.1. The van der Waals surface area contributed by atoms with Gasteiger partial charge in [0.25, 0.3) is 0 Å². The van der Waals surface area contributed by atoms with Gasteiger partial charge in [-0.1, -0.05) is 5.57 Å². The van der Waals surface area contributed by atoms with Crippen LogP contribution in [0, 0.1) is 6.92 Å². The third-order valence-electron chi connectivity index (χ3n) is 1.98. The van der Waals surface area contributed by atoms with Gasteiger partial charge in [0.15, 0.2) is 0 Å². The average molecular weight is 211 g/mol. The summed E-state index contributed by atoms with van der Waals surface area (Å²) in [6, 6.07) is 0. The van der Waals surface area contributed by atoms with Gasteiger partial charge in [0, 0.05) is 17.5 Å². The fraction of sp³-hybridized carbons (Fsp3) is 0.545. The standard InChI is InChI=1S/C11H17NOS/c1-8(2)4-5-10(13)6-11-12-9(3)7-14-11/h7,10,13H,1,4-6H2,2-3H3. The number of hydrogen-bond donors (Lipinski definition) is 1. The summed E-state index contributed by atoms with van der Waals surface area (Å²) >= 11 is 1.62. The van der Waals surface area contributed by atoms with Crippen molar-refractivity contribution >= 4 is 11.3 Å². The molecule has 0 fully saturated rings. The second kappa shape index (κ2) is 5.27. The van der Waals surface area contributed by atoms with Gasteiger partial charge in [0.05, 0.1) is 11.1 Å². The molecule has 1 N–H and O–H groups in total. The van der Waals surface area contributed by atoms with Crippen molar-refractivity contribution in [3.8, 4) is 0 Å². The minimum Gasteiger partial charge on any atom is -0.393 e. The molecular formula is C11H17NOS. The summed E-state index contributed by atoms with van der Waals surface area (Å²) in [5.74, 6) is 0. The van der Waals surface area contributed by atoms with Crippen LogP contribution in [0.3, 0.4) is 0 Å². The van der Waals surface area contributed by atoms with Crippen LogP contribution in [-0.2, 0) is 6.42 Å². The number of hydrogen-bond acceptors (Lipinski definition) is 3. The molecule has 0 amide bonds. The van der Waals surface area contributed by atoms with Gasteiger partial charge in [-0.3, -0.25) is 0 Å². The fourth-order valence-electron chi connectivity index (χ4n) is 1.21. The maximum Gasteiger partial charge on any atom is 0.0953 e. The topological polar surface area (TPSA) is 33.1 Å². The lowest BCUT2D eigenvalue weighted by atomic mass is 10.1. The zero-order valence-corrected chi connectivity index (χ0v) is 9.60. The third kappa shape index (κ3) is 4.03. The van der Waals surface area contributed by atoms with Crippen LogP contribution in [0.1, 0.15) is 30.5 Å². The van der Waals surface area contributed by atoms with Crippen molar-refractivity contribution < 1.29 is 5.11 Å². The first-order valence-electron chi connectivity index (χ1n) is 4.81. The van der Waals surface area contributed by atoms with E-state index in [1.807, 2.05) is 19.2 Å². The van der Waals surface area contributed by atoms with Crippen LogP contribution < -0.4 is 0 Å². The van der Waals surface area contributed by atoms with E-state index in [2.05, 4.69) is 11.6 Å². The summed E-state index contributed by atoms with van der Waals surface area (Å²) in [5.41, 5.74) is 2.16. The van der Waals surface area contributed by atoms with Gasteiger partial charge in [-0.25, -0.2) is 4.98 Å². The van der Waals surface area contributed by atoms with E-state index in [0.717, 1.165) is 29.1 Å². The van der Waals surface area contributed by atoms with Crippen molar-refractivity contribution in [2.24, 2.45) is 0 Å². The third-order valence-corrected chi connectivity index (χ3v) is 2.97. The summed E-state index contributed by atoms with van der Waals surface area (Å²) in [7, 11) is 0. The number of allylic oxidation sites excluding steroid dienone is 1. The monoisotopic (exact) mass is 211 g/mol. The molecule has 0 saturated heterocycles. The van der Waals surface area contributed by atoms with Gasteiger partial charge in [-0.2, -0.15) is 0 Å². The quantitative estimate of drug-likeness (QED) is 0.760. The first-order chi connectivity index (χ1) is 6.58. The fourth-order valence-corrected chi connectivity index (χ4v) is 2.06. The van der Waals surface area contributed by atoms with Crippen LogP contribution in [0.5, 0.6) is 0 Å². The van der Waals surface area contributed by atoms with Gasteiger partial charge < -0.3 is 5.11 Å². The zero-order valence-electron chi connectivity index (χ0n) is 8.79.